The van der Waals surface area contributed by atoms with Gasteiger partial charge in [-0.3, -0.25) is 4.90 Å². The highest BCUT2D eigenvalue weighted by Crippen LogP contribution is 2.42. The van der Waals surface area contributed by atoms with Gasteiger partial charge in [0.15, 0.2) is 0 Å². The van der Waals surface area contributed by atoms with Gasteiger partial charge in [-0.1, -0.05) is 54.6 Å². The number of hydrogen-bond donors (Lipinski definition) is 1. The molecule has 1 aliphatic heterocycles. The van der Waals surface area contributed by atoms with Crippen LogP contribution in [0.1, 0.15) is 39.9 Å². The third-order valence-electron chi connectivity index (χ3n) is 6.13. The zero-order valence-corrected chi connectivity index (χ0v) is 17.3. The van der Waals surface area contributed by atoms with Crippen LogP contribution in [0.25, 0.3) is 0 Å². The molecule has 1 heterocycles. The molecule has 0 aromatic heterocycles. The van der Waals surface area contributed by atoms with Crippen LogP contribution in [0, 0.1) is 0 Å². The zero-order chi connectivity index (χ0) is 21.0. The number of hydrogen-bond acceptors (Lipinski definition) is 3. The summed E-state index contributed by atoms with van der Waals surface area (Å²) >= 11 is 0. The summed E-state index contributed by atoms with van der Waals surface area (Å²) in [6.45, 7) is 2.83. The average Bonchev–Trinajstić information content (AvgIpc) is 2.80. The molecular weight excluding hydrogens is 374 g/mol. The molecule has 1 atom stereocenters. The van der Waals surface area contributed by atoms with Crippen LogP contribution in [0.15, 0.2) is 78.9 Å². The molecule has 0 aliphatic carbocycles. The molecule has 3 aromatic rings. The first-order valence-corrected chi connectivity index (χ1v) is 10.4. The van der Waals surface area contributed by atoms with E-state index < -0.39 is 5.97 Å². The second-order valence-electron chi connectivity index (χ2n) is 8.00. The molecule has 0 bridgehead atoms. The van der Waals surface area contributed by atoms with Crippen LogP contribution in [-0.4, -0.2) is 36.2 Å². The summed E-state index contributed by atoms with van der Waals surface area (Å²) < 4.78 is 5.51. The van der Waals surface area contributed by atoms with Crippen LogP contribution in [0.4, 0.5) is 0 Å². The lowest BCUT2D eigenvalue weighted by Crippen LogP contribution is -2.46. The van der Waals surface area contributed by atoms with Crippen LogP contribution in [-0.2, 0) is 12.0 Å². The van der Waals surface area contributed by atoms with Crippen molar-refractivity contribution in [1.29, 1.82) is 0 Å². The molecule has 4 heteroatoms. The summed E-state index contributed by atoms with van der Waals surface area (Å²) in [6, 6.07) is 26.2. The van der Waals surface area contributed by atoms with E-state index in [9.17, 15) is 9.90 Å². The molecule has 1 fully saturated rings. The van der Waals surface area contributed by atoms with Crippen molar-refractivity contribution < 1.29 is 14.6 Å². The molecule has 0 saturated carbocycles. The first kappa shape index (κ1) is 20.2. The second kappa shape index (κ2) is 8.72. The highest BCUT2D eigenvalue weighted by atomic mass is 16.5. The van der Waals surface area contributed by atoms with Gasteiger partial charge >= 0.3 is 5.97 Å². The Labute approximate surface area is 177 Å². The molecule has 1 N–H and O–H groups in total. The monoisotopic (exact) mass is 401 g/mol. The lowest BCUT2D eigenvalue weighted by Gasteiger charge is -2.44. The molecule has 30 heavy (non-hydrogen) atoms. The van der Waals surface area contributed by atoms with Gasteiger partial charge in [-0.15, -0.1) is 0 Å². The van der Waals surface area contributed by atoms with E-state index >= 15 is 0 Å². The third-order valence-corrected chi connectivity index (χ3v) is 6.13. The van der Waals surface area contributed by atoms with Gasteiger partial charge in [0.25, 0.3) is 0 Å². The maximum atomic E-state index is 11.4. The second-order valence-corrected chi connectivity index (χ2v) is 8.00. The molecule has 4 nitrogen and oxygen atoms in total. The Morgan fingerprint density at radius 2 is 1.77 bits per heavy atom. The van der Waals surface area contributed by atoms with Gasteiger partial charge in [0.1, 0.15) is 5.75 Å². The normalized spacial score (nSPS) is 19.4. The van der Waals surface area contributed by atoms with E-state index in [0.29, 0.717) is 5.56 Å². The van der Waals surface area contributed by atoms with Crippen molar-refractivity contribution in [3.05, 3.63) is 101 Å². The fraction of sp³-hybridized carbons (Fsp3) is 0.269. The van der Waals surface area contributed by atoms with E-state index in [-0.39, 0.29) is 5.41 Å². The van der Waals surface area contributed by atoms with Crippen LogP contribution < -0.4 is 4.74 Å². The summed E-state index contributed by atoms with van der Waals surface area (Å²) in [5.41, 5.74) is 3.77. The Morgan fingerprint density at radius 3 is 2.47 bits per heavy atom. The van der Waals surface area contributed by atoms with E-state index in [4.69, 9.17) is 4.74 Å². The highest BCUT2D eigenvalue weighted by Gasteiger charge is 2.39. The summed E-state index contributed by atoms with van der Waals surface area (Å²) in [4.78, 5) is 13.9. The standard InChI is InChI=1S/C26H27NO3/c1-30-24-10-5-9-23(17-24)26(22-13-11-21(12-14-22)25(28)29)15-6-16-27(19-26)18-20-7-3-2-4-8-20/h2-5,7-14,17H,6,15-16,18-19H2,1H3,(H,28,29). The Balaban J connectivity index is 1.74. The number of carbonyl (C=O) groups is 1. The van der Waals surface area contributed by atoms with Crippen molar-refractivity contribution in [3.63, 3.8) is 0 Å². The first-order chi connectivity index (χ1) is 14.6. The Morgan fingerprint density at radius 1 is 1.00 bits per heavy atom. The van der Waals surface area contributed by atoms with Gasteiger partial charge in [0, 0.05) is 18.5 Å². The molecule has 154 valence electrons. The number of carboxylic acid groups (broad SMARTS) is 1. The van der Waals surface area contributed by atoms with Crippen molar-refractivity contribution in [2.75, 3.05) is 20.2 Å². The predicted molar refractivity (Wildman–Crippen MR) is 118 cm³/mol. The first-order valence-electron chi connectivity index (χ1n) is 10.4. The van der Waals surface area contributed by atoms with Gasteiger partial charge in [0.2, 0.25) is 0 Å². The number of aromatic carboxylic acids is 1. The SMILES string of the molecule is COc1cccc(C2(c3ccc(C(=O)O)cc3)CCCN(Cc3ccccc3)C2)c1. The zero-order valence-electron chi connectivity index (χ0n) is 17.3. The number of rotatable bonds is 6. The maximum absolute atomic E-state index is 11.4. The fourth-order valence-corrected chi connectivity index (χ4v) is 4.61. The number of ether oxygens (including phenoxy) is 1. The minimum atomic E-state index is -0.897. The third kappa shape index (κ3) is 4.10. The number of carboxylic acids is 1. The molecule has 1 unspecified atom stereocenters. The average molecular weight is 402 g/mol. The van der Waals surface area contributed by atoms with Crippen molar-refractivity contribution in [2.45, 2.75) is 24.8 Å². The van der Waals surface area contributed by atoms with Gasteiger partial charge in [-0.25, -0.2) is 4.79 Å². The Kier molecular flexibility index (Phi) is 5.86. The quantitative estimate of drug-likeness (QED) is 0.633. The van der Waals surface area contributed by atoms with Crippen molar-refractivity contribution in [2.24, 2.45) is 0 Å². The highest BCUT2D eigenvalue weighted by molar-refractivity contribution is 5.87. The van der Waals surface area contributed by atoms with E-state index in [0.717, 1.165) is 43.8 Å². The molecule has 4 rings (SSSR count). The van der Waals surface area contributed by atoms with Gasteiger partial charge < -0.3 is 9.84 Å². The number of likely N-dealkylation sites (tertiary alicyclic amines) is 1. The number of nitrogens with zero attached hydrogens (tertiary/aromatic N) is 1. The number of methoxy groups -OCH3 is 1. The van der Waals surface area contributed by atoms with Gasteiger partial charge in [-0.05, 0) is 60.3 Å². The predicted octanol–water partition coefficient (Wildman–Crippen LogP) is 4.98. The molecule has 3 aromatic carbocycles. The molecule has 1 aliphatic rings. The van der Waals surface area contributed by atoms with Crippen LogP contribution in [0.3, 0.4) is 0 Å². The van der Waals surface area contributed by atoms with Crippen molar-refractivity contribution in [3.8, 4) is 5.75 Å². The Hall–Kier alpha value is -3.11. The minimum Gasteiger partial charge on any atom is -0.497 e. The summed E-state index contributed by atoms with van der Waals surface area (Å²) in [5.74, 6) is -0.0551. The van der Waals surface area contributed by atoms with Crippen LogP contribution in [0.5, 0.6) is 5.75 Å². The van der Waals surface area contributed by atoms with E-state index in [1.807, 2.05) is 30.3 Å². The fourth-order valence-electron chi connectivity index (χ4n) is 4.61. The molecule has 0 spiro atoms. The number of piperidine rings is 1. The largest absolute Gasteiger partial charge is 0.497 e. The molecule has 1 saturated heterocycles. The summed E-state index contributed by atoms with van der Waals surface area (Å²) in [5, 5.41) is 9.32. The summed E-state index contributed by atoms with van der Waals surface area (Å²) in [7, 11) is 1.69. The van der Waals surface area contributed by atoms with Crippen LogP contribution >= 0.6 is 0 Å². The molecular formula is C26H27NO3. The van der Waals surface area contributed by atoms with Gasteiger partial charge in [0.05, 0.1) is 12.7 Å². The summed E-state index contributed by atoms with van der Waals surface area (Å²) in [6.07, 6.45) is 2.09. The van der Waals surface area contributed by atoms with Crippen molar-refractivity contribution >= 4 is 5.97 Å². The Bertz CT molecular complexity index is 1000. The van der Waals surface area contributed by atoms with Crippen LogP contribution in [0.2, 0.25) is 0 Å². The van der Waals surface area contributed by atoms with Crippen molar-refractivity contribution in [1.82, 2.24) is 4.90 Å². The van der Waals surface area contributed by atoms with E-state index in [1.165, 1.54) is 11.1 Å². The lowest BCUT2D eigenvalue weighted by molar-refractivity contribution is 0.0696. The van der Waals surface area contributed by atoms with E-state index in [2.05, 4.69) is 41.3 Å². The smallest absolute Gasteiger partial charge is 0.335 e. The maximum Gasteiger partial charge on any atom is 0.335 e. The molecule has 0 radical (unpaired) electrons. The van der Waals surface area contributed by atoms with Gasteiger partial charge in [-0.2, -0.15) is 0 Å². The topological polar surface area (TPSA) is 49.8 Å². The number of benzene rings is 3. The lowest BCUT2D eigenvalue weighted by atomic mass is 9.69. The minimum absolute atomic E-state index is 0.210. The van der Waals surface area contributed by atoms with E-state index in [1.54, 1.807) is 19.2 Å². The molecule has 0 amide bonds.